The van der Waals surface area contributed by atoms with Crippen molar-refractivity contribution in [3.05, 3.63) is 29.6 Å². The van der Waals surface area contributed by atoms with Gasteiger partial charge in [-0.2, -0.15) is 0 Å². The lowest BCUT2D eigenvalue weighted by Gasteiger charge is -2.20. The second-order valence-electron chi connectivity index (χ2n) is 5.39. The van der Waals surface area contributed by atoms with Gasteiger partial charge in [-0.15, -0.1) is 0 Å². The molecule has 1 atom stereocenters. The highest BCUT2D eigenvalue weighted by Gasteiger charge is 2.24. The Balaban J connectivity index is 2.18. The molecule has 7 heteroatoms. The largest absolute Gasteiger partial charge is 0.349 e. The summed E-state index contributed by atoms with van der Waals surface area (Å²) in [5, 5.41) is 2.74. The summed E-state index contributed by atoms with van der Waals surface area (Å²) in [6.07, 6.45) is 4.36. The molecule has 4 nitrogen and oxygen atoms in total. The maximum absolute atomic E-state index is 13.7. The highest BCUT2D eigenvalue weighted by Crippen LogP contribution is 2.28. The molecule has 1 aliphatic rings. The minimum atomic E-state index is -3.99. The van der Waals surface area contributed by atoms with Crippen LogP contribution in [-0.4, -0.2) is 20.4 Å². The molecule has 21 heavy (non-hydrogen) atoms. The summed E-state index contributed by atoms with van der Waals surface area (Å²) in [4.78, 5) is 11.8. The Morgan fingerprint density at radius 2 is 2.00 bits per heavy atom. The zero-order valence-electron chi connectivity index (χ0n) is 11.6. The number of rotatable bonds is 4. The molecule has 0 aromatic heterocycles. The highest BCUT2D eigenvalue weighted by molar-refractivity contribution is 8.13. The Hall–Kier alpha value is -1.14. The van der Waals surface area contributed by atoms with Gasteiger partial charge in [-0.25, -0.2) is 12.8 Å². The third-order valence-electron chi connectivity index (χ3n) is 3.93. The number of halogens is 2. The SMILES string of the molecule is CC(NC(=O)c1cc(S(=O)(=O)Cl)ccc1F)C1CCCC1. The quantitative estimate of drug-likeness (QED) is 0.861. The summed E-state index contributed by atoms with van der Waals surface area (Å²) in [5.41, 5.74) is -0.304. The maximum atomic E-state index is 13.7. The first kappa shape index (κ1) is 16.2. The Morgan fingerprint density at radius 1 is 1.38 bits per heavy atom. The van der Waals surface area contributed by atoms with Crippen LogP contribution < -0.4 is 5.32 Å². The van der Waals surface area contributed by atoms with E-state index in [4.69, 9.17) is 10.7 Å². The summed E-state index contributed by atoms with van der Waals surface area (Å²) < 4.78 is 36.3. The standard InChI is InChI=1S/C14H17ClFNO3S/c1-9(10-4-2-3-5-10)17-14(18)12-8-11(21(15,19)20)6-7-13(12)16/h6-10H,2-5H2,1H3,(H,17,18). The van der Waals surface area contributed by atoms with Crippen LogP contribution in [0.3, 0.4) is 0 Å². The Kier molecular flexibility index (Phi) is 4.88. The minimum Gasteiger partial charge on any atom is -0.349 e. The van der Waals surface area contributed by atoms with Crippen molar-refractivity contribution in [2.24, 2.45) is 5.92 Å². The van der Waals surface area contributed by atoms with E-state index in [1.54, 1.807) is 0 Å². The minimum absolute atomic E-state index is 0.0735. The van der Waals surface area contributed by atoms with Crippen molar-refractivity contribution in [2.75, 3.05) is 0 Å². The predicted molar refractivity (Wildman–Crippen MR) is 78.3 cm³/mol. The average molecular weight is 334 g/mol. The summed E-state index contributed by atoms with van der Waals surface area (Å²) in [7, 11) is 1.22. The number of hydrogen-bond acceptors (Lipinski definition) is 3. The lowest BCUT2D eigenvalue weighted by molar-refractivity contribution is 0.0923. The van der Waals surface area contributed by atoms with Crippen LogP contribution in [0, 0.1) is 11.7 Å². The normalized spacial score (nSPS) is 17.7. The summed E-state index contributed by atoms with van der Waals surface area (Å²) in [6.45, 7) is 1.88. The molecule has 0 spiro atoms. The zero-order chi connectivity index (χ0) is 15.6. The fourth-order valence-electron chi connectivity index (χ4n) is 2.69. The number of nitrogens with one attached hydrogen (secondary N) is 1. The van der Waals surface area contributed by atoms with Crippen LogP contribution >= 0.6 is 10.7 Å². The van der Waals surface area contributed by atoms with Crippen molar-refractivity contribution in [3.63, 3.8) is 0 Å². The first-order valence-electron chi connectivity index (χ1n) is 6.84. The highest BCUT2D eigenvalue weighted by atomic mass is 35.7. The van der Waals surface area contributed by atoms with E-state index in [0.717, 1.165) is 43.9 Å². The lowest BCUT2D eigenvalue weighted by atomic mass is 9.99. The van der Waals surface area contributed by atoms with Gasteiger partial charge in [-0.05, 0) is 43.9 Å². The van der Waals surface area contributed by atoms with E-state index in [1.165, 1.54) is 0 Å². The van der Waals surface area contributed by atoms with E-state index >= 15 is 0 Å². The first-order valence-corrected chi connectivity index (χ1v) is 9.15. The van der Waals surface area contributed by atoms with Crippen LogP contribution in [0.25, 0.3) is 0 Å². The molecule has 0 aliphatic heterocycles. The van der Waals surface area contributed by atoms with Gasteiger partial charge >= 0.3 is 0 Å². The summed E-state index contributed by atoms with van der Waals surface area (Å²) in [5.74, 6) is -0.999. The van der Waals surface area contributed by atoms with Crippen molar-refractivity contribution in [1.82, 2.24) is 5.32 Å². The van der Waals surface area contributed by atoms with Crippen molar-refractivity contribution in [3.8, 4) is 0 Å². The molecule has 1 saturated carbocycles. The van der Waals surface area contributed by atoms with E-state index in [9.17, 15) is 17.6 Å². The van der Waals surface area contributed by atoms with Crippen LogP contribution in [0.5, 0.6) is 0 Å². The molecule has 1 unspecified atom stereocenters. The van der Waals surface area contributed by atoms with Gasteiger partial charge in [0.25, 0.3) is 15.0 Å². The smallest absolute Gasteiger partial charge is 0.261 e. The number of benzene rings is 1. The van der Waals surface area contributed by atoms with Gasteiger partial charge in [-0.3, -0.25) is 4.79 Å². The monoisotopic (exact) mass is 333 g/mol. The van der Waals surface area contributed by atoms with Crippen molar-refractivity contribution < 1.29 is 17.6 Å². The van der Waals surface area contributed by atoms with E-state index in [0.29, 0.717) is 5.92 Å². The van der Waals surface area contributed by atoms with Gasteiger partial charge in [0.2, 0.25) is 0 Å². The van der Waals surface area contributed by atoms with Crippen molar-refractivity contribution in [1.29, 1.82) is 0 Å². The second kappa shape index (κ2) is 6.32. The van der Waals surface area contributed by atoms with Crippen LogP contribution in [0.2, 0.25) is 0 Å². The topological polar surface area (TPSA) is 63.2 Å². The van der Waals surface area contributed by atoms with Crippen molar-refractivity contribution in [2.45, 2.75) is 43.5 Å². The first-order chi connectivity index (χ1) is 9.79. The fraction of sp³-hybridized carbons (Fsp3) is 0.500. The van der Waals surface area contributed by atoms with Crippen LogP contribution in [0.1, 0.15) is 43.0 Å². The fourth-order valence-corrected chi connectivity index (χ4v) is 3.47. The summed E-state index contributed by atoms with van der Waals surface area (Å²) >= 11 is 0. The third kappa shape index (κ3) is 3.95. The van der Waals surface area contributed by atoms with Gasteiger partial charge in [0, 0.05) is 16.7 Å². The van der Waals surface area contributed by atoms with E-state index in [1.807, 2.05) is 6.92 Å². The molecule has 0 saturated heterocycles. The Labute approximate surface area is 128 Å². The molecule has 0 heterocycles. The van der Waals surface area contributed by atoms with Crippen LogP contribution in [-0.2, 0) is 9.05 Å². The predicted octanol–water partition coefficient (Wildman–Crippen LogP) is 3.06. The Bertz CT molecular complexity index is 642. The molecule has 1 aliphatic carbocycles. The lowest BCUT2D eigenvalue weighted by Crippen LogP contribution is -2.37. The molecule has 116 valence electrons. The summed E-state index contributed by atoms with van der Waals surface area (Å²) in [6, 6.07) is 2.86. The molecule has 0 bridgehead atoms. The number of hydrogen-bond donors (Lipinski definition) is 1. The van der Waals surface area contributed by atoms with E-state index < -0.39 is 20.8 Å². The van der Waals surface area contributed by atoms with Gasteiger partial charge in [-0.1, -0.05) is 12.8 Å². The molecule has 1 amide bonds. The molecular weight excluding hydrogens is 317 g/mol. The number of carbonyl (C=O) groups excluding carboxylic acids is 1. The van der Waals surface area contributed by atoms with E-state index in [2.05, 4.69) is 5.32 Å². The molecule has 1 aromatic rings. The number of carbonyl (C=O) groups is 1. The van der Waals surface area contributed by atoms with Gasteiger partial charge in [0.15, 0.2) is 0 Å². The van der Waals surface area contributed by atoms with Crippen LogP contribution in [0.4, 0.5) is 4.39 Å². The van der Waals surface area contributed by atoms with Gasteiger partial charge < -0.3 is 5.32 Å². The Morgan fingerprint density at radius 3 is 2.57 bits per heavy atom. The molecule has 1 N–H and O–H groups in total. The molecule has 0 radical (unpaired) electrons. The molecular formula is C14H17ClFNO3S. The van der Waals surface area contributed by atoms with Crippen LogP contribution in [0.15, 0.2) is 23.1 Å². The average Bonchev–Trinajstić information content (AvgIpc) is 2.91. The maximum Gasteiger partial charge on any atom is 0.261 e. The zero-order valence-corrected chi connectivity index (χ0v) is 13.2. The van der Waals surface area contributed by atoms with Crippen molar-refractivity contribution >= 4 is 25.6 Å². The van der Waals surface area contributed by atoms with E-state index in [-0.39, 0.29) is 16.5 Å². The number of amides is 1. The molecule has 2 rings (SSSR count). The van der Waals surface area contributed by atoms with Gasteiger partial charge in [0.05, 0.1) is 10.5 Å². The molecule has 1 fully saturated rings. The second-order valence-corrected chi connectivity index (χ2v) is 7.95. The third-order valence-corrected chi connectivity index (χ3v) is 5.28. The molecule has 1 aromatic carbocycles. The van der Waals surface area contributed by atoms with Gasteiger partial charge in [0.1, 0.15) is 5.82 Å².